The monoisotopic (exact) mass is 236 g/mol. The summed E-state index contributed by atoms with van der Waals surface area (Å²) < 4.78 is 0.456. The Labute approximate surface area is 82.1 Å². The number of nitrogens with zero attached hydrogens (tertiary/aromatic N) is 4. The van der Waals surface area contributed by atoms with Crippen molar-refractivity contribution < 1.29 is 0 Å². The van der Waals surface area contributed by atoms with E-state index in [1.54, 1.807) is 0 Å². The first-order valence-corrected chi connectivity index (χ1v) is 4.16. The fourth-order valence-electron chi connectivity index (χ4n) is 1.07. The molecule has 0 atom stereocenters. The smallest absolute Gasteiger partial charge is 0.167 e. The second-order valence-electron chi connectivity index (χ2n) is 2.35. The van der Waals surface area contributed by atoms with Crippen LogP contribution >= 0.6 is 15.9 Å². The molecule has 6 heteroatoms. The number of fused-ring (bicyclic) bond motifs is 1. The number of aromatic nitrogens is 2. The van der Waals surface area contributed by atoms with E-state index in [9.17, 15) is 0 Å². The quantitative estimate of drug-likeness (QED) is 0.686. The minimum absolute atomic E-state index is 0.278. The van der Waals surface area contributed by atoms with Crippen LogP contribution in [0.25, 0.3) is 11.0 Å². The molecule has 64 valence electrons. The molecule has 2 N–H and O–H groups in total. The molecule has 0 bridgehead atoms. The minimum Gasteiger partial charge on any atom is -0.763 e. The number of halogens is 1. The zero-order chi connectivity index (χ0) is 9.42. The fourth-order valence-corrected chi connectivity index (χ4v) is 1.52. The first-order chi connectivity index (χ1) is 6.24. The highest BCUT2D eigenvalue weighted by atomic mass is 79.9. The van der Waals surface area contributed by atoms with Crippen LogP contribution in [-0.2, 0) is 0 Å². The summed E-state index contributed by atoms with van der Waals surface area (Å²) in [6, 6.07) is 0. The Balaban J connectivity index is 2.79. The molecule has 1 aliphatic heterocycles. The molecule has 2 heterocycles. The van der Waals surface area contributed by atoms with Gasteiger partial charge in [0.15, 0.2) is 5.82 Å². The maximum Gasteiger partial charge on any atom is 0.167 e. The van der Waals surface area contributed by atoms with Crippen molar-refractivity contribution in [2.24, 2.45) is 4.99 Å². The van der Waals surface area contributed by atoms with Crippen molar-refractivity contribution in [1.29, 1.82) is 0 Å². The molecule has 0 spiro atoms. The number of hydrogen-bond acceptors (Lipinski definition) is 4. The zero-order valence-electron chi connectivity index (χ0n) is 6.32. The average Bonchev–Trinajstić information content (AvgIpc) is 2.42. The van der Waals surface area contributed by atoms with Gasteiger partial charge in [-0.15, -0.1) is 0 Å². The lowest BCUT2D eigenvalue weighted by molar-refractivity contribution is 1.16. The largest absolute Gasteiger partial charge is 0.763 e. The molecule has 13 heavy (non-hydrogen) atoms. The second-order valence-corrected chi connectivity index (χ2v) is 3.10. The Morgan fingerprint density at radius 2 is 2.23 bits per heavy atom. The Kier molecular flexibility index (Phi) is 1.72. The first kappa shape index (κ1) is 8.10. The Morgan fingerprint density at radius 3 is 2.92 bits per heavy atom. The number of allylic oxidation sites excluding steroid dienone is 1. The number of anilines is 1. The number of rotatable bonds is 0. The summed E-state index contributed by atoms with van der Waals surface area (Å²) in [6.07, 6.45) is 1.32. The van der Waals surface area contributed by atoms with Gasteiger partial charge in [-0.25, -0.2) is 15.0 Å². The highest BCUT2D eigenvalue weighted by Gasteiger charge is 2.21. The van der Waals surface area contributed by atoms with E-state index in [-0.39, 0.29) is 5.82 Å². The van der Waals surface area contributed by atoms with E-state index < -0.39 is 0 Å². The Morgan fingerprint density at radius 1 is 1.46 bits per heavy atom. The van der Waals surface area contributed by atoms with Crippen molar-refractivity contribution in [3.63, 3.8) is 0 Å². The molecular formula is C7H3BrN5-. The van der Waals surface area contributed by atoms with Gasteiger partial charge in [0.25, 0.3) is 0 Å². The standard InChI is InChI=1S/C7H3BrN5/c8-5-3(1-9)4-6(10)11-2-12-7(4)13-5/h2H,(H2,10,11,12)/q-1. The average molecular weight is 237 g/mol. The molecule has 0 saturated carbocycles. The molecule has 0 fully saturated rings. The summed E-state index contributed by atoms with van der Waals surface area (Å²) in [5, 5.41) is 8.80. The van der Waals surface area contributed by atoms with Gasteiger partial charge in [-0.05, 0) is 15.9 Å². The van der Waals surface area contributed by atoms with Gasteiger partial charge >= 0.3 is 0 Å². The first-order valence-electron chi connectivity index (χ1n) is 3.36. The summed E-state index contributed by atoms with van der Waals surface area (Å²) in [4.78, 5) is 11.7. The van der Waals surface area contributed by atoms with Crippen LogP contribution in [0.3, 0.4) is 0 Å². The molecule has 5 nitrogen and oxygen atoms in total. The van der Waals surface area contributed by atoms with Crippen molar-refractivity contribution in [3.05, 3.63) is 17.3 Å². The summed E-state index contributed by atoms with van der Waals surface area (Å²) in [7, 11) is 0. The predicted octanol–water partition coefficient (Wildman–Crippen LogP) is 1.12. The molecule has 0 radical (unpaired) electrons. The van der Waals surface area contributed by atoms with Crippen molar-refractivity contribution in [2.45, 2.75) is 0 Å². The van der Waals surface area contributed by atoms with E-state index >= 15 is 0 Å². The molecule has 1 aromatic heterocycles. The molecule has 0 unspecified atom stereocenters. The van der Waals surface area contributed by atoms with Gasteiger partial charge in [0.05, 0.1) is 5.56 Å². The van der Waals surface area contributed by atoms with Gasteiger partial charge in [-0.2, -0.15) is 0 Å². The Hall–Kier alpha value is -1.52. The van der Waals surface area contributed by atoms with E-state index in [2.05, 4.69) is 30.9 Å². The van der Waals surface area contributed by atoms with Gasteiger partial charge in [0.1, 0.15) is 16.8 Å². The molecule has 2 rings (SSSR count). The molecule has 1 aliphatic rings. The highest BCUT2D eigenvalue weighted by molar-refractivity contribution is 9.18. The van der Waals surface area contributed by atoms with Crippen molar-refractivity contribution in [3.8, 4) is 0 Å². The lowest BCUT2D eigenvalue weighted by Gasteiger charge is -2.00. The van der Waals surface area contributed by atoms with Crippen LogP contribution in [0.5, 0.6) is 0 Å². The number of hydrogen-bond donors (Lipinski definition) is 1. The number of nitrogens with two attached hydrogens (primary N) is 1. The van der Waals surface area contributed by atoms with Crippen LogP contribution in [0, 0.1) is 0 Å². The van der Waals surface area contributed by atoms with Gasteiger partial charge in [0, 0.05) is 5.57 Å². The number of aliphatic imine (C=N–C) groups is 1. The third-order valence-electron chi connectivity index (χ3n) is 1.63. The van der Waals surface area contributed by atoms with E-state index in [1.807, 2.05) is 5.87 Å². The van der Waals surface area contributed by atoms with E-state index in [4.69, 9.17) is 11.1 Å². The van der Waals surface area contributed by atoms with E-state index in [0.717, 1.165) is 0 Å². The van der Waals surface area contributed by atoms with Crippen molar-refractivity contribution in [1.82, 2.24) is 9.97 Å². The maximum atomic E-state index is 8.80. The normalized spacial score (nSPS) is 13.6. The van der Waals surface area contributed by atoms with E-state index in [1.165, 1.54) is 6.33 Å². The third kappa shape index (κ3) is 1.07. The van der Waals surface area contributed by atoms with Crippen LogP contribution < -0.4 is 5.73 Å². The summed E-state index contributed by atoms with van der Waals surface area (Å²) >= 11 is 3.15. The molecule has 1 aromatic rings. The van der Waals surface area contributed by atoms with Crippen LogP contribution in [0.4, 0.5) is 11.6 Å². The molecular weight excluding hydrogens is 234 g/mol. The van der Waals surface area contributed by atoms with Crippen LogP contribution in [-0.4, -0.2) is 20.5 Å². The van der Waals surface area contributed by atoms with Crippen LogP contribution in [0.2, 0.25) is 0 Å². The lowest BCUT2D eigenvalue weighted by Crippen LogP contribution is -1.97. The molecule has 0 aromatic carbocycles. The second kappa shape index (κ2) is 2.76. The summed E-state index contributed by atoms with van der Waals surface area (Å²) in [5.74, 6) is 2.71. The fraction of sp³-hybridized carbons (Fsp3) is 0. The van der Waals surface area contributed by atoms with Gasteiger partial charge in [-0.1, -0.05) is 0 Å². The third-order valence-corrected chi connectivity index (χ3v) is 2.20. The van der Waals surface area contributed by atoms with E-state index in [0.29, 0.717) is 21.6 Å². The molecule has 0 aliphatic carbocycles. The minimum atomic E-state index is 0.278. The van der Waals surface area contributed by atoms with Crippen molar-refractivity contribution in [2.75, 3.05) is 5.73 Å². The number of nitrogen functional groups attached to an aromatic ring is 1. The topological polar surface area (TPSA) is 86.5 Å². The predicted molar refractivity (Wildman–Crippen MR) is 54.2 cm³/mol. The van der Waals surface area contributed by atoms with Gasteiger partial charge < -0.3 is 11.1 Å². The van der Waals surface area contributed by atoms with Gasteiger partial charge in [0.2, 0.25) is 0 Å². The molecule has 0 amide bonds. The lowest BCUT2D eigenvalue weighted by atomic mass is 10.2. The highest BCUT2D eigenvalue weighted by Crippen LogP contribution is 2.35. The maximum absolute atomic E-state index is 8.80. The SMILES string of the molecule is [N-]=C=C1C(Br)=Nc2ncnc(N)c21. The zero-order valence-corrected chi connectivity index (χ0v) is 7.91. The Bertz CT molecular complexity index is 458. The molecule has 0 saturated heterocycles. The van der Waals surface area contributed by atoms with Crippen LogP contribution in [0.15, 0.2) is 11.3 Å². The summed E-state index contributed by atoms with van der Waals surface area (Å²) in [6.45, 7) is 0. The summed E-state index contributed by atoms with van der Waals surface area (Å²) in [5.41, 5.74) is 6.48. The van der Waals surface area contributed by atoms with Gasteiger partial charge in [-0.3, -0.25) is 5.87 Å². The van der Waals surface area contributed by atoms with Crippen LogP contribution in [0.1, 0.15) is 5.56 Å². The van der Waals surface area contributed by atoms with Crippen molar-refractivity contribution >= 4 is 43.6 Å².